The van der Waals surface area contributed by atoms with Gasteiger partial charge in [0.2, 0.25) is 0 Å². The summed E-state index contributed by atoms with van der Waals surface area (Å²) in [5.41, 5.74) is 8.43. The zero-order valence-corrected chi connectivity index (χ0v) is 14.4. The maximum atomic E-state index is 12.2. The van der Waals surface area contributed by atoms with Crippen molar-refractivity contribution in [2.75, 3.05) is 0 Å². The first kappa shape index (κ1) is 19.0. The van der Waals surface area contributed by atoms with Gasteiger partial charge in [0, 0.05) is 23.6 Å². The molecule has 0 bridgehead atoms. The van der Waals surface area contributed by atoms with Crippen molar-refractivity contribution in [3.05, 3.63) is 35.4 Å². The van der Waals surface area contributed by atoms with Crippen LogP contribution in [0.3, 0.4) is 0 Å². The van der Waals surface area contributed by atoms with Gasteiger partial charge in [-0.3, -0.25) is 14.8 Å². The van der Waals surface area contributed by atoms with Gasteiger partial charge in [0.05, 0.1) is 0 Å². The number of carbonyl (C=O) groups excluding carboxylic acids is 2. The minimum atomic E-state index is -1.01. The summed E-state index contributed by atoms with van der Waals surface area (Å²) in [6, 6.07) is 5.22. The summed E-state index contributed by atoms with van der Waals surface area (Å²) in [6.07, 6.45) is 6.10. The van der Waals surface area contributed by atoms with Crippen LogP contribution in [0.4, 0.5) is 0 Å². The fourth-order valence-electron chi connectivity index (χ4n) is 2.95. The van der Waals surface area contributed by atoms with Crippen molar-refractivity contribution < 1.29 is 14.8 Å². The number of rotatable bonds is 5. The van der Waals surface area contributed by atoms with E-state index in [1.54, 1.807) is 31.2 Å². The SMILES string of the molecule is C[C@@H](N)[C@H](NC(=O)c1ccc(C#CCC2CCCC2)cc1)C(=O)NO. The zero-order valence-electron chi connectivity index (χ0n) is 14.4. The van der Waals surface area contributed by atoms with Gasteiger partial charge in [0.1, 0.15) is 6.04 Å². The number of nitrogens with two attached hydrogens (primary N) is 1. The highest BCUT2D eigenvalue weighted by Crippen LogP contribution is 2.26. The highest BCUT2D eigenvalue weighted by Gasteiger charge is 2.24. The highest BCUT2D eigenvalue weighted by atomic mass is 16.5. The van der Waals surface area contributed by atoms with Crippen LogP contribution < -0.4 is 16.5 Å². The highest BCUT2D eigenvalue weighted by molar-refractivity contribution is 5.97. The lowest BCUT2D eigenvalue weighted by Gasteiger charge is -2.20. The van der Waals surface area contributed by atoms with E-state index >= 15 is 0 Å². The molecule has 0 saturated heterocycles. The molecule has 134 valence electrons. The first-order valence-corrected chi connectivity index (χ1v) is 8.60. The number of benzene rings is 1. The number of hydrogen-bond acceptors (Lipinski definition) is 4. The third-order valence-corrected chi connectivity index (χ3v) is 4.45. The molecule has 0 radical (unpaired) electrons. The lowest BCUT2D eigenvalue weighted by molar-refractivity contribution is -0.131. The summed E-state index contributed by atoms with van der Waals surface area (Å²) >= 11 is 0. The molecule has 2 atom stereocenters. The van der Waals surface area contributed by atoms with Crippen LogP contribution in [0.5, 0.6) is 0 Å². The molecule has 0 aliphatic heterocycles. The molecule has 1 aromatic rings. The van der Waals surface area contributed by atoms with Gasteiger partial charge in [0.25, 0.3) is 11.8 Å². The van der Waals surface area contributed by atoms with Gasteiger partial charge in [-0.25, -0.2) is 5.48 Å². The smallest absolute Gasteiger partial charge is 0.267 e. The third kappa shape index (κ3) is 5.59. The Morgan fingerprint density at radius 3 is 2.48 bits per heavy atom. The molecular weight excluding hydrogens is 318 g/mol. The quantitative estimate of drug-likeness (QED) is 0.370. The maximum Gasteiger partial charge on any atom is 0.267 e. The molecule has 1 saturated carbocycles. The molecule has 1 aliphatic carbocycles. The van der Waals surface area contributed by atoms with E-state index in [9.17, 15) is 9.59 Å². The topological polar surface area (TPSA) is 104 Å². The molecule has 1 fully saturated rings. The van der Waals surface area contributed by atoms with E-state index in [-0.39, 0.29) is 0 Å². The summed E-state index contributed by atoms with van der Waals surface area (Å²) in [5, 5.41) is 11.2. The second kappa shape index (κ2) is 9.21. The lowest BCUT2D eigenvalue weighted by atomic mass is 10.0. The minimum absolute atomic E-state index is 0.401. The van der Waals surface area contributed by atoms with Crippen molar-refractivity contribution >= 4 is 11.8 Å². The van der Waals surface area contributed by atoms with Gasteiger partial charge < -0.3 is 11.1 Å². The first-order chi connectivity index (χ1) is 12.0. The monoisotopic (exact) mass is 343 g/mol. The van der Waals surface area contributed by atoms with Crippen LogP contribution in [0.15, 0.2) is 24.3 Å². The van der Waals surface area contributed by atoms with Crippen LogP contribution in [0.25, 0.3) is 0 Å². The number of nitrogens with one attached hydrogen (secondary N) is 2. The van der Waals surface area contributed by atoms with Crippen molar-refractivity contribution in [1.29, 1.82) is 0 Å². The Hall–Kier alpha value is -2.36. The Morgan fingerprint density at radius 1 is 1.28 bits per heavy atom. The van der Waals surface area contributed by atoms with Crippen LogP contribution in [0.2, 0.25) is 0 Å². The summed E-state index contributed by atoms with van der Waals surface area (Å²) in [4.78, 5) is 23.7. The van der Waals surface area contributed by atoms with E-state index in [1.807, 2.05) is 0 Å². The van der Waals surface area contributed by atoms with Gasteiger partial charge in [-0.05, 0) is 49.9 Å². The summed E-state index contributed by atoms with van der Waals surface area (Å²) in [6.45, 7) is 1.57. The number of hydroxylamine groups is 1. The standard InChI is InChI=1S/C19H25N3O3/c1-13(20)17(19(24)22-25)21-18(23)16-11-9-15(10-12-16)8-4-7-14-5-2-3-6-14/h9-14,17,25H,2-3,5-7,20H2,1H3,(H,21,23)(H,22,24)/t13-,17+/m1/s1. The molecule has 0 spiro atoms. The molecule has 6 nitrogen and oxygen atoms in total. The van der Waals surface area contributed by atoms with Gasteiger partial charge in [-0.2, -0.15) is 0 Å². The Kier molecular flexibility index (Phi) is 6.99. The molecule has 2 rings (SSSR count). The molecule has 0 heterocycles. The average Bonchev–Trinajstić information content (AvgIpc) is 3.12. The van der Waals surface area contributed by atoms with E-state index in [0.29, 0.717) is 5.56 Å². The predicted molar refractivity (Wildman–Crippen MR) is 94.7 cm³/mol. The van der Waals surface area contributed by atoms with Crippen LogP contribution >= 0.6 is 0 Å². The number of amides is 2. The molecule has 0 unspecified atom stereocenters. The molecule has 25 heavy (non-hydrogen) atoms. The Morgan fingerprint density at radius 2 is 1.92 bits per heavy atom. The van der Waals surface area contributed by atoms with Crippen molar-refractivity contribution in [3.63, 3.8) is 0 Å². The Balaban J connectivity index is 1.95. The third-order valence-electron chi connectivity index (χ3n) is 4.45. The van der Waals surface area contributed by atoms with Crippen LogP contribution in [0.1, 0.15) is 54.9 Å². The average molecular weight is 343 g/mol. The van der Waals surface area contributed by atoms with Crippen molar-refractivity contribution in [2.45, 2.75) is 51.1 Å². The summed E-state index contributed by atoms with van der Waals surface area (Å²) < 4.78 is 0. The Bertz CT molecular complexity index is 653. The van der Waals surface area contributed by atoms with E-state index in [0.717, 1.165) is 17.9 Å². The molecule has 6 heteroatoms. The van der Waals surface area contributed by atoms with Crippen LogP contribution in [-0.4, -0.2) is 29.1 Å². The van der Waals surface area contributed by atoms with Gasteiger partial charge >= 0.3 is 0 Å². The summed E-state index contributed by atoms with van der Waals surface area (Å²) in [7, 11) is 0. The summed E-state index contributed by atoms with van der Waals surface area (Å²) in [5.74, 6) is 5.88. The molecule has 2 amide bonds. The molecule has 0 aromatic heterocycles. The fraction of sp³-hybridized carbons (Fsp3) is 0.474. The zero-order chi connectivity index (χ0) is 18.2. The van der Waals surface area contributed by atoms with Crippen molar-refractivity contribution in [2.24, 2.45) is 11.7 Å². The van der Waals surface area contributed by atoms with Gasteiger partial charge in [-0.15, -0.1) is 0 Å². The van der Waals surface area contributed by atoms with Gasteiger partial charge in [0.15, 0.2) is 0 Å². The van der Waals surface area contributed by atoms with E-state index < -0.39 is 23.9 Å². The van der Waals surface area contributed by atoms with E-state index in [2.05, 4.69) is 17.2 Å². The van der Waals surface area contributed by atoms with Gasteiger partial charge in [-0.1, -0.05) is 24.7 Å². The largest absolute Gasteiger partial charge is 0.339 e. The first-order valence-electron chi connectivity index (χ1n) is 8.60. The second-order valence-electron chi connectivity index (χ2n) is 6.52. The van der Waals surface area contributed by atoms with E-state index in [4.69, 9.17) is 10.9 Å². The van der Waals surface area contributed by atoms with Crippen LogP contribution in [0, 0.1) is 17.8 Å². The number of hydrogen-bond donors (Lipinski definition) is 4. The normalized spacial score (nSPS) is 16.4. The predicted octanol–water partition coefficient (Wildman–Crippen LogP) is 1.57. The number of carbonyl (C=O) groups is 2. The van der Waals surface area contributed by atoms with Crippen molar-refractivity contribution in [3.8, 4) is 11.8 Å². The molecular formula is C19H25N3O3. The fourth-order valence-corrected chi connectivity index (χ4v) is 2.95. The van der Waals surface area contributed by atoms with Crippen molar-refractivity contribution in [1.82, 2.24) is 10.8 Å². The van der Waals surface area contributed by atoms with Crippen LogP contribution in [-0.2, 0) is 4.79 Å². The molecule has 1 aliphatic rings. The Labute approximate surface area is 148 Å². The second-order valence-corrected chi connectivity index (χ2v) is 6.52. The minimum Gasteiger partial charge on any atom is -0.339 e. The lowest BCUT2D eigenvalue weighted by Crippen LogP contribution is -2.54. The van der Waals surface area contributed by atoms with E-state index in [1.165, 1.54) is 31.2 Å². The molecule has 1 aromatic carbocycles. The maximum absolute atomic E-state index is 12.2. The molecule has 5 N–H and O–H groups in total.